The Kier molecular flexibility index (Phi) is 6.40. The molecule has 0 saturated carbocycles. The first-order valence-corrected chi connectivity index (χ1v) is 9.23. The molecule has 1 atom stereocenters. The van der Waals surface area contributed by atoms with Gasteiger partial charge in [0.25, 0.3) is 11.6 Å². The first kappa shape index (κ1) is 20.3. The summed E-state index contributed by atoms with van der Waals surface area (Å²) in [4.78, 5) is 37.2. The molecular weight excluding hydrogens is 376 g/mol. The number of hydrogen-bond donors (Lipinski definition) is 2. The zero-order chi connectivity index (χ0) is 20.8. The first-order chi connectivity index (χ1) is 13.9. The lowest BCUT2D eigenvalue weighted by Gasteiger charge is -2.29. The summed E-state index contributed by atoms with van der Waals surface area (Å²) in [6, 6.07) is 12.0. The molecule has 9 heteroatoms. The quantitative estimate of drug-likeness (QED) is 0.570. The highest BCUT2D eigenvalue weighted by molar-refractivity contribution is 6.01. The lowest BCUT2D eigenvalue weighted by Crippen LogP contribution is -2.41. The molecule has 1 aliphatic heterocycles. The molecule has 0 aliphatic carbocycles. The van der Waals surface area contributed by atoms with Crippen LogP contribution in [-0.4, -0.2) is 49.1 Å². The van der Waals surface area contributed by atoms with Gasteiger partial charge < -0.3 is 20.3 Å². The van der Waals surface area contributed by atoms with E-state index in [1.807, 2.05) is 18.2 Å². The number of nitro groups is 1. The predicted octanol–water partition coefficient (Wildman–Crippen LogP) is 2.19. The van der Waals surface area contributed by atoms with Gasteiger partial charge in [0.2, 0.25) is 5.91 Å². The van der Waals surface area contributed by atoms with Gasteiger partial charge in [0.15, 0.2) is 0 Å². The lowest BCUT2D eigenvalue weighted by molar-refractivity contribution is -0.384. The average molecular weight is 398 g/mol. The molecule has 9 nitrogen and oxygen atoms in total. The van der Waals surface area contributed by atoms with Crippen molar-refractivity contribution in [3.63, 3.8) is 0 Å². The number of rotatable bonds is 6. The van der Waals surface area contributed by atoms with E-state index in [1.54, 1.807) is 13.0 Å². The third-order valence-electron chi connectivity index (χ3n) is 4.55. The fourth-order valence-electron chi connectivity index (χ4n) is 2.96. The van der Waals surface area contributed by atoms with Crippen LogP contribution in [0.15, 0.2) is 48.5 Å². The summed E-state index contributed by atoms with van der Waals surface area (Å²) < 4.78 is 5.35. The van der Waals surface area contributed by atoms with Crippen molar-refractivity contribution in [3.05, 3.63) is 64.2 Å². The van der Waals surface area contributed by atoms with Crippen LogP contribution in [0.3, 0.4) is 0 Å². The van der Waals surface area contributed by atoms with E-state index >= 15 is 0 Å². The normalized spacial score (nSPS) is 14.7. The van der Waals surface area contributed by atoms with Crippen LogP contribution in [-0.2, 0) is 9.53 Å². The number of nitrogens with one attached hydrogen (secondary N) is 2. The Bertz CT molecular complexity index is 911. The van der Waals surface area contributed by atoms with Gasteiger partial charge in [-0.05, 0) is 31.2 Å². The summed E-state index contributed by atoms with van der Waals surface area (Å²) in [5, 5.41) is 16.2. The average Bonchev–Trinajstić information content (AvgIpc) is 2.74. The molecule has 0 bridgehead atoms. The Labute approximate surface area is 167 Å². The van der Waals surface area contributed by atoms with Crippen molar-refractivity contribution in [2.75, 3.05) is 36.5 Å². The van der Waals surface area contributed by atoms with Crippen molar-refractivity contribution in [1.29, 1.82) is 0 Å². The molecule has 2 N–H and O–H groups in total. The molecule has 0 spiro atoms. The SMILES string of the molecule is CC(NC(=O)c1cccc([N+](=O)[O-])c1)C(=O)Nc1cccc(N2CCOCC2)c1. The van der Waals surface area contributed by atoms with Gasteiger partial charge in [-0.1, -0.05) is 12.1 Å². The number of non-ortho nitro benzene ring substituents is 1. The largest absolute Gasteiger partial charge is 0.378 e. The molecule has 0 aromatic heterocycles. The number of nitrogens with zero attached hydrogens (tertiary/aromatic N) is 2. The highest BCUT2D eigenvalue weighted by Gasteiger charge is 2.19. The Morgan fingerprint density at radius 2 is 1.86 bits per heavy atom. The second-order valence-electron chi connectivity index (χ2n) is 6.64. The molecule has 152 valence electrons. The van der Waals surface area contributed by atoms with Crippen LogP contribution in [0.2, 0.25) is 0 Å². The molecule has 1 unspecified atom stereocenters. The molecule has 2 aromatic rings. The van der Waals surface area contributed by atoms with Gasteiger partial charge in [-0.15, -0.1) is 0 Å². The zero-order valence-corrected chi connectivity index (χ0v) is 16.0. The zero-order valence-electron chi connectivity index (χ0n) is 16.0. The molecule has 29 heavy (non-hydrogen) atoms. The summed E-state index contributed by atoms with van der Waals surface area (Å²) in [6.45, 7) is 4.45. The number of amides is 2. The minimum atomic E-state index is -0.825. The molecule has 2 amide bonds. The highest BCUT2D eigenvalue weighted by atomic mass is 16.6. The number of carbonyl (C=O) groups excluding carboxylic acids is 2. The minimum Gasteiger partial charge on any atom is -0.378 e. The van der Waals surface area contributed by atoms with Crippen molar-refractivity contribution in [2.45, 2.75) is 13.0 Å². The number of carbonyl (C=O) groups is 2. The second kappa shape index (κ2) is 9.16. The fraction of sp³-hybridized carbons (Fsp3) is 0.300. The van der Waals surface area contributed by atoms with Crippen molar-refractivity contribution in [1.82, 2.24) is 5.32 Å². The molecule has 3 rings (SSSR count). The van der Waals surface area contributed by atoms with Gasteiger partial charge in [0, 0.05) is 42.2 Å². The fourth-order valence-corrected chi connectivity index (χ4v) is 2.96. The Hall–Kier alpha value is -3.46. The minimum absolute atomic E-state index is 0.119. The van der Waals surface area contributed by atoms with Gasteiger partial charge in [0.1, 0.15) is 6.04 Å². The molecule has 1 aliphatic rings. The maximum atomic E-state index is 12.5. The van der Waals surface area contributed by atoms with Crippen LogP contribution in [0, 0.1) is 10.1 Å². The van der Waals surface area contributed by atoms with E-state index in [0.29, 0.717) is 18.9 Å². The summed E-state index contributed by atoms with van der Waals surface area (Å²) in [6.07, 6.45) is 0. The van der Waals surface area contributed by atoms with Gasteiger partial charge in [-0.2, -0.15) is 0 Å². The van der Waals surface area contributed by atoms with E-state index in [1.165, 1.54) is 24.3 Å². The van der Waals surface area contributed by atoms with Crippen LogP contribution in [0.4, 0.5) is 17.1 Å². The van der Waals surface area contributed by atoms with Crippen molar-refractivity contribution < 1.29 is 19.2 Å². The lowest BCUT2D eigenvalue weighted by atomic mass is 10.1. The molecule has 1 heterocycles. The third kappa shape index (κ3) is 5.29. The number of morpholine rings is 1. The van der Waals surface area contributed by atoms with Crippen LogP contribution >= 0.6 is 0 Å². The molecule has 0 radical (unpaired) electrons. The van der Waals surface area contributed by atoms with Gasteiger partial charge >= 0.3 is 0 Å². The molecule has 2 aromatic carbocycles. The van der Waals surface area contributed by atoms with E-state index < -0.39 is 16.9 Å². The van der Waals surface area contributed by atoms with Gasteiger partial charge in [-0.3, -0.25) is 19.7 Å². The van der Waals surface area contributed by atoms with Crippen molar-refractivity contribution in [3.8, 4) is 0 Å². The predicted molar refractivity (Wildman–Crippen MR) is 108 cm³/mol. The monoisotopic (exact) mass is 398 g/mol. The highest BCUT2D eigenvalue weighted by Crippen LogP contribution is 2.20. The Morgan fingerprint density at radius 3 is 2.59 bits per heavy atom. The topological polar surface area (TPSA) is 114 Å². The molecular formula is C20H22N4O5. The van der Waals surface area contributed by atoms with E-state index in [2.05, 4.69) is 15.5 Å². The number of benzene rings is 2. The number of hydrogen-bond acceptors (Lipinski definition) is 6. The maximum Gasteiger partial charge on any atom is 0.270 e. The molecule has 1 fully saturated rings. The van der Waals surface area contributed by atoms with Crippen LogP contribution in [0.5, 0.6) is 0 Å². The Morgan fingerprint density at radius 1 is 1.14 bits per heavy atom. The number of nitro benzene ring substituents is 1. The van der Waals surface area contributed by atoms with Gasteiger partial charge in [-0.25, -0.2) is 0 Å². The first-order valence-electron chi connectivity index (χ1n) is 9.23. The van der Waals surface area contributed by atoms with Crippen molar-refractivity contribution >= 4 is 28.9 Å². The standard InChI is InChI=1S/C20H22N4O5/c1-14(21-20(26)15-4-2-7-18(12-15)24(27)28)19(25)22-16-5-3-6-17(13-16)23-8-10-29-11-9-23/h2-7,12-14H,8-11H2,1H3,(H,21,26)(H,22,25). The summed E-state index contributed by atoms with van der Waals surface area (Å²) >= 11 is 0. The maximum absolute atomic E-state index is 12.5. The van der Waals surface area contributed by atoms with Gasteiger partial charge in [0.05, 0.1) is 18.1 Å². The third-order valence-corrected chi connectivity index (χ3v) is 4.55. The summed E-state index contributed by atoms with van der Waals surface area (Å²) in [5.74, 6) is -0.943. The van der Waals surface area contributed by atoms with Crippen LogP contribution in [0.25, 0.3) is 0 Å². The second-order valence-corrected chi connectivity index (χ2v) is 6.64. The van der Waals surface area contributed by atoms with Crippen LogP contribution in [0.1, 0.15) is 17.3 Å². The number of anilines is 2. The summed E-state index contributed by atoms with van der Waals surface area (Å²) in [7, 11) is 0. The van der Waals surface area contributed by atoms with E-state index in [0.717, 1.165) is 18.8 Å². The molecule has 1 saturated heterocycles. The summed E-state index contributed by atoms with van der Waals surface area (Å²) in [5.41, 5.74) is 1.54. The van der Waals surface area contributed by atoms with Crippen LogP contribution < -0.4 is 15.5 Å². The van der Waals surface area contributed by atoms with Crippen molar-refractivity contribution in [2.24, 2.45) is 0 Å². The number of ether oxygens (including phenoxy) is 1. The Balaban J connectivity index is 1.61. The van der Waals surface area contributed by atoms with E-state index in [9.17, 15) is 19.7 Å². The smallest absolute Gasteiger partial charge is 0.270 e. The van der Waals surface area contributed by atoms with E-state index in [4.69, 9.17) is 4.74 Å². The van der Waals surface area contributed by atoms with E-state index in [-0.39, 0.29) is 17.2 Å².